The summed E-state index contributed by atoms with van der Waals surface area (Å²) in [5.41, 5.74) is 3.82. The molecular formula is C14H25N3. The van der Waals surface area contributed by atoms with E-state index in [-0.39, 0.29) is 0 Å². The SMILES string of the molecule is C=C(CC)CC(NCC)c1cn(C)nc1CC. The van der Waals surface area contributed by atoms with Crippen molar-refractivity contribution >= 4 is 0 Å². The summed E-state index contributed by atoms with van der Waals surface area (Å²) in [5.74, 6) is 0. The molecule has 0 bridgehead atoms. The Bertz CT molecular complexity index is 366. The van der Waals surface area contributed by atoms with Crippen LogP contribution in [0.5, 0.6) is 0 Å². The maximum Gasteiger partial charge on any atom is 0.0669 e. The summed E-state index contributed by atoms with van der Waals surface area (Å²) in [6.45, 7) is 11.5. The monoisotopic (exact) mass is 235 g/mol. The number of nitrogens with one attached hydrogen (secondary N) is 1. The second-order valence-electron chi connectivity index (χ2n) is 4.48. The minimum atomic E-state index is 0.358. The molecule has 1 rings (SSSR count). The molecule has 0 aromatic carbocycles. The third-order valence-corrected chi connectivity index (χ3v) is 3.09. The quantitative estimate of drug-likeness (QED) is 0.736. The Balaban J connectivity index is 2.91. The van der Waals surface area contributed by atoms with Gasteiger partial charge in [-0.15, -0.1) is 0 Å². The molecule has 0 saturated heterocycles. The van der Waals surface area contributed by atoms with Gasteiger partial charge >= 0.3 is 0 Å². The van der Waals surface area contributed by atoms with Crippen LogP contribution in [-0.2, 0) is 13.5 Å². The predicted octanol–water partition coefficient (Wildman–Crippen LogP) is 2.99. The van der Waals surface area contributed by atoms with E-state index in [1.807, 2.05) is 11.7 Å². The molecule has 0 saturated carbocycles. The minimum Gasteiger partial charge on any atom is -0.310 e. The van der Waals surface area contributed by atoms with Crippen molar-refractivity contribution in [2.75, 3.05) is 6.54 Å². The lowest BCUT2D eigenvalue weighted by atomic mass is 9.98. The number of aromatic nitrogens is 2. The fourth-order valence-corrected chi connectivity index (χ4v) is 2.09. The van der Waals surface area contributed by atoms with E-state index in [1.54, 1.807) is 0 Å². The first-order valence-electron chi connectivity index (χ1n) is 6.54. The molecule has 0 aliphatic heterocycles. The molecule has 1 N–H and O–H groups in total. The summed E-state index contributed by atoms with van der Waals surface area (Å²) in [5, 5.41) is 8.05. The van der Waals surface area contributed by atoms with Gasteiger partial charge in [0.25, 0.3) is 0 Å². The highest BCUT2D eigenvalue weighted by Gasteiger charge is 2.17. The van der Waals surface area contributed by atoms with Crippen LogP contribution in [0.4, 0.5) is 0 Å². The molecule has 0 aliphatic rings. The van der Waals surface area contributed by atoms with Crippen molar-refractivity contribution in [3.63, 3.8) is 0 Å². The molecular weight excluding hydrogens is 210 g/mol. The van der Waals surface area contributed by atoms with Gasteiger partial charge in [-0.3, -0.25) is 4.68 Å². The summed E-state index contributed by atoms with van der Waals surface area (Å²) in [4.78, 5) is 0. The second kappa shape index (κ2) is 6.60. The number of nitrogens with zero attached hydrogens (tertiary/aromatic N) is 2. The summed E-state index contributed by atoms with van der Waals surface area (Å²) >= 11 is 0. The molecule has 0 radical (unpaired) electrons. The van der Waals surface area contributed by atoms with Gasteiger partial charge in [0.1, 0.15) is 0 Å². The molecule has 1 heterocycles. The summed E-state index contributed by atoms with van der Waals surface area (Å²) < 4.78 is 1.91. The zero-order valence-electron chi connectivity index (χ0n) is 11.6. The molecule has 17 heavy (non-hydrogen) atoms. The average Bonchev–Trinajstić information content (AvgIpc) is 2.69. The van der Waals surface area contributed by atoms with E-state index in [9.17, 15) is 0 Å². The van der Waals surface area contributed by atoms with Crippen LogP contribution < -0.4 is 5.32 Å². The van der Waals surface area contributed by atoms with Crippen LogP contribution in [0, 0.1) is 0 Å². The van der Waals surface area contributed by atoms with Gasteiger partial charge in [0.05, 0.1) is 5.69 Å². The van der Waals surface area contributed by atoms with Crippen molar-refractivity contribution in [2.24, 2.45) is 7.05 Å². The third-order valence-electron chi connectivity index (χ3n) is 3.09. The van der Waals surface area contributed by atoms with Crippen molar-refractivity contribution < 1.29 is 0 Å². The van der Waals surface area contributed by atoms with Crippen LogP contribution in [0.3, 0.4) is 0 Å². The fourth-order valence-electron chi connectivity index (χ4n) is 2.09. The van der Waals surface area contributed by atoms with Crippen molar-refractivity contribution in [3.8, 4) is 0 Å². The molecule has 3 heteroatoms. The molecule has 1 unspecified atom stereocenters. The molecule has 3 nitrogen and oxygen atoms in total. The maximum absolute atomic E-state index is 4.51. The highest BCUT2D eigenvalue weighted by Crippen LogP contribution is 2.24. The number of rotatable bonds is 7. The van der Waals surface area contributed by atoms with Gasteiger partial charge < -0.3 is 5.32 Å². The Morgan fingerprint density at radius 1 is 1.47 bits per heavy atom. The minimum absolute atomic E-state index is 0.358. The molecule has 96 valence electrons. The molecule has 1 aromatic rings. The van der Waals surface area contributed by atoms with Crippen LogP contribution in [0.25, 0.3) is 0 Å². The molecule has 1 aromatic heterocycles. The molecule has 0 aliphatic carbocycles. The van der Waals surface area contributed by atoms with E-state index in [2.05, 4.69) is 44.0 Å². The second-order valence-corrected chi connectivity index (χ2v) is 4.48. The van der Waals surface area contributed by atoms with Crippen LogP contribution in [0.1, 0.15) is 50.9 Å². The lowest BCUT2D eigenvalue weighted by Crippen LogP contribution is -2.22. The number of hydrogen-bond acceptors (Lipinski definition) is 2. The highest BCUT2D eigenvalue weighted by atomic mass is 15.3. The Labute approximate surface area is 105 Å². The number of hydrogen-bond donors (Lipinski definition) is 1. The van der Waals surface area contributed by atoms with Crippen LogP contribution in [0.2, 0.25) is 0 Å². The van der Waals surface area contributed by atoms with E-state index in [0.717, 1.165) is 25.8 Å². The summed E-state index contributed by atoms with van der Waals surface area (Å²) in [6, 6.07) is 0.358. The predicted molar refractivity (Wildman–Crippen MR) is 73.1 cm³/mol. The lowest BCUT2D eigenvalue weighted by Gasteiger charge is -2.18. The van der Waals surface area contributed by atoms with Crippen LogP contribution >= 0.6 is 0 Å². The van der Waals surface area contributed by atoms with Gasteiger partial charge in [-0.1, -0.05) is 32.9 Å². The van der Waals surface area contributed by atoms with Crippen molar-refractivity contribution in [1.82, 2.24) is 15.1 Å². The Morgan fingerprint density at radius 2 is 2.18 bits per heavy atom. The highest BCUT2D eigenvalue weighted by molar-refractivity contribution is 5.23. The van der Waals surface area contributed by atoms with Gasteiger partial charge in [0, 0.05) is 24.8 Å². The van der Waals surface area contributed by atoms with Gasteiger partial charge in [-0.05, 0) is 25.8 Å². The van der Waals surface area contributed by atoms with Crippen molar-refractivity contribution in [1.29, 1.82) is 0 Å². The first-order valence-corrected chi connectivity index (χ1v) is 6.54. The van der Waals surface area contributed by atoms with Crippen LogP contribution in [-0.4, -0.2) is 16.3 Å². The topological polar surface area (TPSA) is 29.9 Å². The van der Waals surface area contributed by atoms with Crippen molar-refractivity contribution in [2.45, 2.75) is 46.1 Å². The van der Waals surface area contributed by atoms with Crippen LogP contribution in [0.15, 0.2) is 18.3 Å². The van der Waals surface area contributed by atoms with Gasteiger partial charge in [0.15, 0.2) is 0 Å². The molecule has 0 spiro atoms. The summed E-state index contributed by atoms with van der Waals surface area (Å²) in [6.07, 6.45) is 5.17. The standard InChI is InChI=1S/C14H25N3/c1-6-11(4)9-14(15-8-3)12-10-17(5)16-13(12)7-2/h10,14-15H,4,6-9H2,1-3,5H3. The van der Waals surface area contributed by atoms with E-state index >= 15 is 0 Å². The number of aryl methyl sites for hydroxylation is 2. The Hall–Kier alpha value is -1.09. The molecule has 0 amide bonds. The Kier molecular flexibility index (Phi) is 5.42. The summed E-state index contributed by atoms with van der Waals surface area (Å²) in [7, 11) is 1.99. The van der Waals surface area contributed by atoms with E-state index in [1.165, 1.54) is 16.8 Å². The first kappa shape index (κ1) is 14.0. The maximum atomic E-state index is 4.51. The molecule has 0 fully saturated rings. The van der Waals surface area contributed by atoms with E-state index in [0.29, 0.717) is 6.04 Å². The zero-order valence-corrected chi connectivity index (χ0v) is 11.6. The van der Waals surface area contributed by atoms with E-state index < -0.39 is 0 Å². The third kappa shape index (κ3) is 3.70. The van der Waals surface area contributed by atoms with Gasteiger partial charge in [-0.2, -0.15) is 5.10 Å². The fraction of sp³-hybridized carbons (Fsp3) is 0.643. The largest absolute Gasteiger partial charge is 0.310 e. The zero-order chi connectivity index (χ0) is 12.8. The van der Waals surface area contributed by atoms with E-state index in [4.69, 9.17) is 0 Å². The smallest absolute Gasteiger partial charge is 0.0669 e. The normalized spacial score (nSPS) is 12.7. The van der Waals surface area contributed by atoms with Gasteiger partial charge in [0.2, 0.25) is 0 Å². The average molecular weight is 235 g/mol. The van der Waals surface area contributed by atoms with Gasteiger partial charge in [-0.25, -0.2) is 0 Å². The Morgan fingerprint density at radius 3 is 2.71 bits per heavy atom. The van der Waals surface area contributed by atoms with Crippen molar-refractivity contribution in [3.05, 3.63) is 29.6 Å². The molecule has 1 atom stereocenters. The lowest BCUT2D eigenvalue weighted by molar-refractivity contribution is 0.539. The first-order chi connectivity index (χ1) is 8.12.